The molecule has 0 unspecified atom stereocenters. The topological polar surface area (TPSA) is 45.1 Å². The first-order chi connectivity index (χ1) is 7.70. The summed E-state index contributed by atoms with van der Waals surface area (Å²) in [5, 5.41) is 13.5. The van der Waals surface area contributed by atoms with Crippen LogP contribution >= 0.6 is 15.9 Å². The van der Waals surface area contributed by atoms with Crippen LogP contribution in [0.2, 0.25) is 0 Å². The highest BCUT2D eigenvalue weighted by Crippen LogP contribution is 2.28. The fourth-order valence-corrected chi connectivity index (χ4v) is 2.55. The van der Waals surface area contributed by atoms with Crippen molar-refractivity contribution in [1.29, 1.82) is 0 Å². The van der Waals surface area contributed by atoms with Crippen molar-refractivity contribution in [1.82, 2.24) is 4.98 Å². The standard InChI is InChI=1S/C12H17BrN2O/c13-10-5-4-8-14-11(10)15-9-12(16)6-2-1-3-7-12/h4-5,8,16H,1-3,6-7,9H2,(H,14,15). The van der Waals surface area contributed by atoms with Crippen LogP contribution in [0.15, 0.2) is 22.8 Å². The van der Waals surface area contributed by atoms with Gasteiger partial charge < -0.3 is 10.4 Å². The molecule has 0 aliphatic heterocycles. The zero-order valence-corrected chi connectivity index (χ0v) is 10.8. The van der Waals surface area contributed by atoms with E-state index in [2.05, 4.69) is 26.2 Å². The Morgan fingerprint density at radius 2 is 2.12 bits per heavy atom. The van der Waals surface area contributed by atoms with E-state index in [-0.39, 0.29) is 0 Å². The van der Waals surface area contributed by atoms with Crippen molar-refractivity contribution in [2.45, 2.75) is 37.7 Å². The molecule has 4 heteroatoms. The van der Waals surface area contributed by atoms with Gasteiger partial charge in [-0.25, -0.2) is 4.98 Å². The van der Waals surface area contributed by atoms with E-state index < -0.39 is 5.60 Å². The second-order valence-corrected chi connectivity index (χ2v) is 5.33. The Morgan fingerprint density at radius 1 is 1.38 bits per heavy atom. The lowest BCUT2D eigenvalue weighted by Crippen LogP contribution is -2.39. The minimum atomic E-state index is -0.546. The molecule has 1 aromatic heterocycles. The molecule has 88 valence electrons. The number of halogens is 1. The molecule has 0 atom stereocenters. The lowest BCUT2D eigenvalue weighted by Gasteiger charge is -2.32. The number of nitrogens with one attached hydrogen (secondary N) is 1. The van der Waals surface area contributed by atoms with Gasteiger partial charge in [0.1, 0.15) is 5.82 Å². The summed E-state index contributed by atoms with van der Waals surface area (Å²) < 4.78 is 0.939. The van der Waals surface area contributed by atoms with E-state index in [0.717, 1.165) is 36.0 Å². The predicted octanol–water partition coefficient (Wildman–Crippen LogP) is 2.95. The maximum absolute atomic E-state index is 10.3. The van der Waals surface area contributed by atoms with Gasteiger partial charge in [-0.1, -0.05) is 19.3 Å². The number of anilines is 1. The Balaban J connectivity index is 1.94. The zero-order valence-electron chi connectivity index (χ0n) is 9.25. The van der Waals surface area contributed by atoms with E-state index in [0.29, 0.717) is 6.54 Å². The molecule has 0 aromatic carbocycles. The minimum absolute atomic E-state index is 0.546. The van der Waals surface area contributed by atoms with Crippen LogP contribution in [0.3, 0.4) is 0 Å². The van der Waals surface area contributed by atoms with Crippen molar-refractivity contribution in [3.63, 3.8) is 0 Å². The molecule has 0 amide bonds. The third-order valence-electron chi connectivity index (χ3n) is 3.13. The highest BCUT2D eigenvalue weighted by molar-refractivity contribution is 9.10. The Labute approximate surface area is 104 Å². The van der Waals surface area contributed by atoms with Crippen LogP contribution in [-0.2, 0) is 0 Å². The number of rotatable bonds is 3. The summed E-state index contributed by atoms with van der Waals surface area (Å²) >= 11 is 3.43. The van der Waals surface area contributed by atoms with Crippen LogP contribution in [-0.4, -0.2) is 22.2 Å². The second kappa shape index (κ2) is 5.15. The molecule has 0 bridgehead atoms. The number of hydrogen-bond acceptors (Lipinski definition) is 3. The Morgan fingerprint density at radius 3 is 2.81 bits per heavy atom. The first kappa shape index (κ1) is 11.9. The van der Waals surface area contributed by atoms with E-state index in [1.165, 1.54) is 6.42 Å². The largest absolute Gasteiger partial charge is 0.388 e. The van der Waals surface area contributed by atoms with Gasteiger partial charge in [0.05, 0.1) is 10.1 Å². The van der Waals surface area contributed by atoms with Crippen LogP contribution in [0, 0.1) is 0 Å². The summed E-state index contributed by atoms with van der Waals surface area (Å²) in [6.07, 6.45) is 7.03. The first-order valence-corrected chi connectivity index (χ1v) is 6.56. The fraction of sp³-hybridized carbons (Fsp3) is 0.583. The van der Waals surface area contributed by atoms with E-state index in [4.69, 9.17) is 0 Å². The normalized spacial score (nSPS) is 19.4. The lowest BCUT2D eigenvalue weighted by atomic mass is 9.85. The fourth-order valence-electron chi connectivity index (χ4n) is 2.15. The second-order valence-electron chi connectivity index (χ2n) is 4.47. The third-order valence-corrected chi connectivity index (χ3v) is 3.77. The first-order valence-electron chi connectivity index (χ1n) is 5.76. The van der Waals surface area contributed by atoms with Gasteiger partial charge >= 0.3 is 0 Å². The summed E-state index contributed by atoms with van der Waals surface area (Å²) in [6.45, 7) is 0.586. The molecule has 0 saturated heterocycles. The van der Waals surface area contributed by atoms with Gasteiger partial charge in [0.2, 0.25) is 0 Å². The van der Waals surface area contributed by atoms with Gasteiger partial charge in [-0.05, 0) is 40.9 Å². The molecule has 16 heavy (non-hydrogen) atoms. The molecular weight excluding hydrogens is 268 g/mol. The maximum atomic E-state index is 10.3. The zero-order chi connectivity index (χ0) is 11.4. The van der Waals surface area contributed by atoms with E-state index in [1.807, 2.05) is 12.1 Å². The van der Waals surface area contributed by atoms with Crippen molar-refractivity contribution in [3.8, 4) is 0 Å². The molecule has 1 fully saturated rings. The molecule has 1 aliphatic rings. The highest BCUT2D eigenvalue weighted by Gasteiger charge is 2.28. The summed E-state index contributed by atoms with van der Waals surface area (Å²) in [7, 11) is 0. The van der Waals surface area contributed by atoms with Gasteiger partial charge in [-0.15, -0.1) is 0 Å². The SMILES string of the molecule is OC1(CNc2ncccc2Br)CCCCC1. The number of hydrogen-bond donors (Lipinski definition) is 2. The summed E-state index contributed by atoms with van der Waals surface area (Å²) in [4.78, 5) is 4.22. The summed E-state index contributed by atoms with van der Waals surface area (Å²) in [5.74, 6) is 0.807. The quantitative estimate of drug-likeness (QED) is 0.897. The predicted molar refractivity (Wildman–Crippen MR) is 68.5 cm³/mol. The molecule has 1 saturated carbocycles. The van der Waals surface area contributed by atoms with Gasteiger partial charge in [-0.2, -0.15) is 0 Å². The number of nitrogens with zero attached hydrogens (tertiary/aromatic N) is 1. The highest BCUT2D eigenvalue weighted by atomic mass is 79.9. The van der Waals surface area contributed by atoms with Crippen LogP contribution in [0.5, 0.6) is 0 Å². The Kier molecular flexibility index (Phi) is 3.82. The van der Waals surface area contributed by atoms with E-state index in [1.54, 1.807) is 6.20 Å². The van der Waals surface area contributed by atoms with Gasteiger partial charge in [0.15, 0.2) is 0 Å². The summed E-state index contributed by atoms with van der Waals surface area (Å²) in [5.41, 5.74) is -0.546. The van der Waals surface area contributed by atoms with Crippen LogP contribution in [0.4, 0.5) is 5.82 Å². The van der Waals surface area contributed by atoms with E-state index >= 15 is 0 Å². The third kappa shape index (κ3) is 2.95. The lowest BCUT2D eigenvalue weighted by molar-refractivity contribution is 0.0166. The molecule has 3 nitrogen and oxygen atoms in total. The average Bonchev–Trinajstić information content (AvgIpc) is 2.29. The van der Waals surface area contributed by atoms with Gasteiger partial charge in [-0.3, -0.25) is 0 Å². The average molecular weight is 285 g/mol. The van der Waals surface area contributed by atoms with Crippen LogP contribution in [0.25, 0.3) is 0 Å². The van der Waals surface area contributed by atoms with Gasteiger partial charge in [0.25, 0.3) is 0 Å². The van der Waals surface area contributed by atoms with Crippen molar-refractivity contribution < 1.29 is 5.11 Å². The molecule has 1 aliphatic carbocycles. The number of aliphatic hydroxyl groups is 1. The molecule has 0 spiro atoms. The van der Waals surface area contributed by atoms with Crippen molar-refractivity contribution in [3.05, 3.63) is 22.8 Å². The molecular formula is C12H17BrN2O. The molecule has 2 rings (SSSR count). The Hall–Kier alpha value is -0.610. The molecule has 1 aromatic rings. The molecule has 1 heterocycles. The Bertz CT molecular complexity index is 351. The van der Waals surface area contributed by atoms with Crippen molar-refractivity contribution in [2.75, 3.05) is 11.9 Å². The molecule has 0 radical (unpaired) electrons. The van der Waals surface area contributed by atoms with Crippen molar-refractivity contribution in [2.24, 2.45) is 0 Å². The smallest absolute Gasteiger partial charge is 0.140 e. The minimum Gasteiger partial charge on any atom is -0.388 e. The van der Waals surface area contributed by atoms with Crippen LogP contribution < -0.4 is 5.32 Å². The van der Waals surface area contributed by atoms with Gasteiger partial charge in [0, 0.05) is 12.7 Å². The van der Waals surface area contributed by atoms with Crippen LogP contribution in [0.1, 0.15) is 32.1 Å². The maximum Gasteiger partial charge on any atom is 0.140 e. The monoisotopic (exact) mass is 284 g/mol. The molecule has 2 N–H and O–H groups in total. The van der Waals surface area contributed by atoms with Crippen molar-refractivity contribution >= 4 is 21.7 Å². The number of pyridine rings is 1. The number of aromatic nitrogens is 1. The summed E-state index contributed by atoms with van der Waals surface area (Å²) in [6, 6.07) is 3.82. The van der Waals surface area contributed by atoms with E-state index in [9.17, 15) is 5.11 Å².